The number of carbonyl (C=O) groups is 1. The molecule has 1 N–H and O–H groups in total. The second kappa shape index (κ2) is 5.49. The first-order chi connectivity index (χ1) is 10.1. The van der Waals surface area contributed by atoms with Crippen molar-refractivity contribution in [2.45, 2.75) is 13.8 Å². The van der Waals surface area contributed by atoms with Crippen molar-refractivity contribution in [1.29, 1.82) is 0 Å². The Bertz CT molecular complexity index is 790. The van der Waals surface area contributed by atoms with Gasteiger partial charge in [0.2, 0.25) is 0 Å². The zero-order valence-electron chi connectivity index (χ0n) is 11.7. The molecule has 0 radical (unpaired) electrons. The number of nitrogens with zero attached hydrogens (tertiary/aromatic N) is 3. The fourth-order valence-corrected chi connectivity index (χ4v) is 2.79. The smallest absolute Gasteiger partial charge is 0.265 e. The second-order valence-electron chi connectivity index (χ2n) is 4.58. The Hall–Kier alpha value is -2.47. The molecule has 0 atom stereocenters. The van der Waals surface area contributed by atoms with Crippen molar-refractivity contribution in [3.05, 3.63) is 58.4 Å². The number of aromatic nitrogens is 3. The summed E-state index contributed by atoms with van der Waals surface area (Å²) in [4.78, 5) is 22.6. The van der Waals surface area contributed by atoms with Crippen LogP contribution in [-0.2, 0) is 0 Å². The molecular formula is C15H14N4OS. The number of carbonyl (C=O) groups excluding carboxylic acids is 1. The Morgan fingerprint density at radius 1 is 1.19 bits per heavy atom. The number of nitrogens with one attached hydrogen (secondary N) is 1. The second-order valence-corrected chi connectivity index (χ2v) is 5.87. The lowest BCUT2D eigenvalue weighted by Crippen LogP contribution is -2.13. The zero-order chi connectivity index (χ0) is 14.8. The largest absolute Gasteiger partial charge is 0.318 e. The van der Waals surface area contributed by atoms with E-state index in [0.717, 1.165) is 10.7 Å². The summed E-state index contributed by atoms with van der Waals surface area (Å²) in [6.45, 7) is 3.87. The molecule has 21 heavy (non-hydrogen) atoms. The summed E-state index contributed by atoms with van der Waals surface area (Å²) in [7, 11) is 0. The lowest BCUT2D eigenvalue weighted by molar-refractivity contribution is 0.103. The molecular weight excluding hydrogens is 284 g/mol. The molecule has 106 valence electrons. The summed E-state index contributed by atoms with van der Waals surface area (Å²) in [6, 6.07) is 7.39. The highest BCUT2D eigenvalue weighted by Gasteiger charge is 2.13. The number of anilines is 1. The maximum Gasteiger partial charge on any atom is 0.265 e. The molecule has 0 aliphatic rings. The first-order valence-corrected chi connectivity index (χ1v) is 7.30. The predicted molar refractivity (Wildman–Crippen MR) is 83.1 cm³/mol. The number of aryl methyl sites for hydroxylation is 2. The van der Waals surface area contributed by atoms with Crippen molar-refractivity contribution in [3.8, 4) is 5.82 Å². The molecule has 0 saturated heterocycles. The molecule has 1 amide bonds. The summed E-state index contributed by atoms with van der Waals surface area (Å²) in [5, 5.41) is 2.92. The highest BCUT2D eigenvalue weighted by atomic mass is 32.1. The number of rotatable bonds is 3. The summed E-state index contributed by atoms with van der Waals surface area (Å²) in [6.07, 6.45) is 5.22. The van der Waals surface area contributed by atoms with Gasteiger partial charge < -0.3 is 5.32 Å². The van der Waals surface area contributed by atoms with Crippen LogP contribution in [-0.4, -0.2) is 20.4 Å². The van der Waals surface area contributed by atoms with Gasteiger partial charge in [-0.3, -0.25) is 9.36 Å². The van der Waals surface area contributed by atoms with Gasteiger partial charge in [-0.1, -0.05) is 0 Å². The molecule has 0 aliphatic heterocycles. The average molecular weight is 298 g/mol. The molecule has 0 bridgehead atoms. The molecule has 0 unspecified atom stereocenters. The summed E-state index contributed by atoms with van der Waals surface area (Å²) >= 11 is 1.47. The van der Waals surface area contributed by atoms with E-state index in [0.29, 0.717) is 16.4 Å². The minimum atomic E-state index is -0.125. The van der Waals surface area contributed by atoms with Crippen LogP contribution in [0.4, 0.5) is 5.69 Å². The average Bonchev–Trinajstić information content (AvgIpc) is 3.08. The molecule has 6 heteroatoms. The SMILES string of the molecule is Cc1ccc(C(=O)Nc2cccnc2-n2ccnc2C)s1. The van der Waals surface area contributed by atoms with E-state index in [1.54, 1.807) is 18.5 Å². The lowest BCUT2D eigenvalue weighted by Gasteiger charge is -2.11. The van der Waals surface area contributed by atoms with Crippen LogP contribution < -0.4 is 5.32 Å². The van der Waals surface area contributed by atoms with Gasteiger partial charge in [0.15, 0.2) is 5.82 Å². The third-order valence-corrected chi connectivity index (χ3v) is 4.05. The van der Waals surface area contributed by atoms with Crippen LogP contribution in [0, 0.1) is 13.8 Å². The van der Waals surface area contributed by atoms with E-state index >= 15 is 0 Å². The molecule has 0 aliphatic carbocycles. The van der Waals surface area contributed by atoms with Crippen molar-refractivity contribution in [2.75, 3.05) is 5.32 Å². The van der Waals surface area contributed by atoms with Gasteiger partial charge in [-0.15, -0.1) is 11.3 Å². The van der Waals surface area contributed by atoms with E-state index in [9.17, 15) is 4.79 Å². The van der Waals surface area contributed by atoms with E-state index in [4.69, 9.17) is 0 Å². The summed E-state index contributed by atoms with van der Waals surface area (Å²) < 4.78 is 1.84. The Kier molecular flexibility index (Phi) is 3.53. The van der Waals surface area contributed by atoms with Crippen LogP contribution >= 0.6 is 11.3 Å². The first kappa shape index (κ1) is 13.5. The minimum absolute atomic E-state index is 0.125. The van der Waals surface area contributed by atoms with E-state index in [-0.39, 0.29) is 5.91 Å². The molecule has 0 saturated carbocycles. The fourth-order valence-electron chi connectivity index (χ4n) is 2.03. The Morgan fingerprint density at radius 2 is 2.05 bits per heavy atom. The predicted octanol–water partition coefficient (Wildman–Crippen LogP) is 3.20. The molecule has 3 rings (SSSR count). The molecule has 3 aromatic heterocycles. The molecule has 0 aromatic carbocycles. The molecule has 3 heterocycles. The molecule has 3 aromatic rings. The quantitative estimate of drug-likeness (QED) is 0.807. The van der Waals surface area contributed by atoms with Crippen LogP contribution in [0.25, 0.3) is 5.82 Å². The summed E-state index contributed by atoms with van der Waals surface area (Å²) in [5.74, 6) is 1.35. The molecule has 5 nitrogen and oxygen atoms in total. The highest BCUT2D eigenvalue weighted by molar-refractivity contribution is 7.14. The van der Waals surface area contributed by atoms with Gasteiger partial charge in [0.05, 0.1) is 10.6 Å². The fraction of sp³-hybridized carbons (Fsp3) is 0.133. The van der Waals surface area contributed by atoms with Crippen molar-refractivity contribution < 1.29 is 4.79 Å². The third kappa shape index (κ3) is 2.71. The van der Waals surface area contributed by atoms with E-state index in [1.807, 2.05) is 42.8 Å². The van der Waals surface area contributed by atoms with Gasteiger partial charge in [0, 0.05) is 23.5 Å². The van der Waals surface area contributed by atoms with Gasteiger partial charge >= 0.3 is 0 Å². The Balaban J connectivity index is 1.93. The van der Waals surface area contributed by atoms with E-state index in [1.165, 1.54) is 11.3 Å². The van der Waals surface area contributed by atoms with Crippen molar-refractivity contribution in [3.63, 3.8) is 0 Å². The van der Waals surface area contributed by atoms with Crippen LogP contribution in [0.3, 0.4) is 0 Å². The number of pyridine rings is 1. The van der Waals surface area contributed by atoms with Gasteiger partial charge in [-0.05, 0) is 38.1 Å². The topological polar surface area (TPSA) is 59.8 Å². The zero-order valence-corrected chi connectivity index (χ0v) is 12.5. The molecule has 0 fully saturated rings. The number of hydrogen-bond acceptors (Lipinski definition) is 4. The van der Waals surface area contributed by atoms with Gasteiger partial charge in [0.1, 0.15) is 5.82 Å². The number of hydrogen-bond donors (Lipinski definition) is 1. The Labute approximate surface area is 126 Å². The van der Waals surface area contributed by atoms with Crippen LogP contribution in [0.2, 0.25) is 0 Å². The monoisotopic (exact) mass is 298 g/mol. The van der Waals surface area contributed by atoms with Crippen molar-refractivity contribution >= 4 is 22.9 Å². The van der Waals surface area contributed by atoms with E-state index < -0.39 is 0 Å². The summed E-state index contributed by atoms with van der Waals surface area (Å²) in [5.41, 5.74) is 0.662. The lowest BCUT2D eigenvalue weighted by atomic mass is 10.3. The molecule has 0 spiro atoms. The van der Waals surface area contributed by atoms with Crippen LogP contribution in [0.5, 0.6) is 0 Å². The maximum atomic E-state index is 12.3. The first-order valence-electron chi connectivity index (χ1n) is 6.48. The van der Waals surface area contributed by atoms with Crippen molar-refractivity contribution in [2.24, 2.45) is 0 Å². The third-order valence-electron chi connectivity index (χ3n) is 3.05. The van der Waals surface area contributed by atoms with Gasteiger partial charge in [-0.2, -0.15) is 0 Å². The number of thiophene rings is 1. The maximum absolute atomic E-state index is 12.3. The minimum Gasteiger partial charge on any atom is -0.318 e. The van der Waals surface area contributed by atoms with Gasteiger partial charge in [0.25, 0.3) is 5.91 Å². The van der Waals surface area contributed by atoms with Crippen LogP contribution in [0.15, 0.2) is 42.9 Å². The standard InChI is InChI=1S/C15H14N4OS/c1-10-5-6-13(21-10)15(20)18-12-4-3-7-17-14(12)19-9-8-16-11(19)2/h3-9H,1-2H3,(H,18,20). The normalized spacial score (nSPS) is 10.6. The van der Waals surface area contributed by atoms with Crippen molar-refractivity contribution in [1.82, 2.24) is 14.5 Å². The Morgan fingerprint density at radius 3 is 2.71 bits per heavy atom. The highest BCUT2D eigenvalue weighted by Crippen LogP contribution is 2.21. The number of amides is 1. The van der Waals surface area contributed by atoms with E-state index in [2.05, 4.69) is 15.3 Å². The number of imidazole rings is 1. The van der Waals surface area contributed by atoms with Crippen LogP contribution in [0.1, 0.15) is 20.4 Å². The van der Waals surface area contributed by atoms with Gasteiger partial charge in [-0.25, -0.2) is 9.97 Å².